The second kappa shape index (κ2) is 6.39. The van der Waals surface area contributed by atoms with Crippen molar-refractivity contribution < 1.29 is 4.39 Å². The van der Waals surface area contributed by atoms with Gasteiger partial charge in [-0.25, -0.2) is 4.39 Å². The Morgan fingerprint density at radius 2 is 1.70 bits per heavy atom. The van der Waals surface area contributed by atoms with Gasteiger partial charge < -0.3 is 0 Å². The van der Waals surface area contributed by atoms with Gasteiger partial charge in [-0.2, -0.15) is 9.50 Å². The van der Waals surface area contributed by atoms with Gasteiger partial charge in [0.2, 0.25) is 4.96 Å². The highest BCUT2D eigenvalue weighted by Gasteiger charge is 2.15. The highest BCUT2D eigenvalue weighted by atomic mass is 32.1. The molecule has 0 unspecified atom stereocenters. The smallest absolute Gasteiger partial charge is 0.266 e. The topological polar surface area (TPSA) is 47.3 Å². The fraction of sp³-hybridized carbons (Fsp3) is 0.190. The minimum atomic E-state index is -0.306. The number of hydrogen-bond donors (Lipinski definition) is 0. The normalized spacial score (nSPS) is 12.8. The van der Waals surface area contributed by atoms with Crippen LogP contribution in [0.2, 0.25) is 0 Å². The minimum absolute atomic E-state index is 0.0772. The van der Waals surface area contributed by atoms with Crippen LogP contribution in [0.5, 0.6) is 0 Å². The van der Waals surface area contributed by atoms with Crippen LogP contribution >= 0.6 is 11.3 Å². The Morgan fingerprint density at radius 1 is 1.04 bits per heavy atom. The van der Waals surface area contributed by atoms with Crippen molar-refractivity contribution in [1.82, 2.24) is 14.6 Å². The summed E-state index contributed by atoms with van der Waals surface area (Å²) in [7, 11) is 0. The Labute approximate surface area is 159 Å². The molecule has 4 aromatic rings. The van der Waals surface area contributed by atoms with Crippen molar-refractivity contribution in [2.24, 2.45) is 0 Å². The third-order valence-corrected chi connectivity index (χ3v) is 5.32. The zero-order valence-corrected chi connectivity index (χ0v) is 16.0. The van der Waals surface area contributed by atoms with Gasteiger partial charge in [0, 0.05) is 5.56 Å². The molecule has 0 bridgehead atoms. The first kappa shape index (κ1) is 17.5. The molecule has 4 nitrogen and oxygen atoms in total. The van der Waals surface area contributed by atoms with Crippen LogP contribution in [0.25, 0.3) is 22.4 Å². The van der Waals surface area contributed by atoms with Gasteiger partial charge in [0.1, 0.15) is 5.82 Å². The molecule has 0 N–H and O–H groups in total. The first-order chi connectivity index (χ1) is 12.8. The zero-order chi connectivity index (χ0) is 19.2. The highest BCUT2D eigenvalue weighted by Crippen LogP contribution is 2.25. The molecule has 0 atom stereocenters. The molecule has 0 aliphatic heterocycles. The van der Waals surface area contributed by atoms with Crippen LogP contribution in [0.15, 0.2) is 53.3 Å². The molecular formula is C21H18FN3OS. The van der Waals surface area contributed by atoms with Crippen LogP contribution in [0.4, 0.5) is 4.39 Å². The van der Waals surface area contributed by atoms with Crippen molar-refractivity contribution in [1.29, 1.82) is 0 Å². The summed E-state index contributed by atoms with van der Waals surface area (Å²) in [5, 5.41) is 4.37. The van der Waals surface area contributed by atoms with E-state index in [1.54, 1.807) is 18.2 Å². The molecule has 0 spiro atoms. The van der Waals surface area contributed by atoms with Crippen molar-refractivity contribution >= 4 is 22.4 Å². The van der Waals surface area contributed by atoms with E-state index in [4.69, 9.17) is 0 Å². The summed E-state index contributed by atoms with van der Waals surface area (Å²) in [6.07, 6.45) is 1.72. The van der Waals surface area contributed by atoms with Crippen molar-refractivity contribution in [3.05, 3.63) is 80.4 Å². The SMILES string of the molecule is CC(C)(C)c1ccc(-c2nc3s/c(=C\c4ccc(F)cc4)c(=O)n3n2)cc1. The summed E-state index contributed by atoms with van der Waals surface area (Å²) < 4.78 is 14.9. The van der Waals surface area contributed by atoms with Gasteiger partial charge in [0.25, 0.3) is 5.56 Å². The van der Waals surface area contributed by atoms with E-state index in [2.05, 4.69) is 43.0 Å². The first-order valence-electron chi connectivity index (χ1n) is 8.59. The van der Waals surface area contributed by atoms with Crippen LogP contribution in [-0.2, 0) is 5.41 Å². The summed E-state index contributed by atoms with van der Waals surface area (Å²) >= 11 is 1.27. The summed E-state index contributed by atoms with van der Waals surface area (Å²) in [5.74, 6) is 0.228. The average Bonchev–Trinajstić information content (AvgIpc) is 3.16. The molecule has 0 saturated heterocycles. The maximum absolute atomic E-state index is 13.0. The van der Waals surface area contributed by atoms with Gasteiger partial charge in [0.05, 0.1) is 4.53 Å². The number of rotatable bonds is 2. The molecule has 0 saturated carbocycles. The molecule has 2 aromatic heterocycles. The minimum Gasteiger partial charge on any atom is -0.266 e. The lowest BCUT2D eigenvalue weighted by atomic mass is 9.87. The number of thiazole rings is 1. The van der Waals surface area contributed by atoms with Gasteiger partial charge >= 0.3 is 0 Å². The summed E-state index contributed by atoms with van der Waals surface area (Å²) in [6.45, 7) is 6.49. The predicted molar refractivity (Wildman–Crippen MR) is 106 cm³/mol. The van der Waals surface area contributed by atoms with E-state index in [0.29, 0.717) is 15.3 Å². The van der Waals surface area contributed by atoms with Crippen LogP contribution in [-0.4, -0.2) is 14.6 Å². The van der Waals surface area contributed by atoms with E-state index >= 15 is 0 Å². The Hall–Kier alpha value is -2.86. The van der Waals surface area contributed by atoms with Gasteiger partial charge in [0.15, 0.2) is 5.82 Å². The lowest BCUT2D eigenvalue weighted by Crippen LogP contribution is -2.23. The largest absolute Gasteiger partial charge is 0.291 e. The molecule has 0 aliphatic carbocycles. The zero-order valence-electron chi connectivity index (χ0n) is 15.2. The van der Waals surface area contributed by atoms with E-state index < -0.39 is 0 Å². The quantitative estimate of drug-likeness (QED) is 0.532. The Kier molecular flexibility index (Phi) is 4.15. The summed E-state index contributed by atoms with van der Waals surface area (Å²) in [6, 6.07) is 14.1. The number of hydrogen-bond acceptors (Lipinski definition) is 4. The number of benzene rings is 2. The monoisotopic (exact) mass is 379 g/mol. The lowest BCUT2D eigenvalue weighted by Gasteiger charge is -2.18. The molecule has 136 valence electrons. The fourth-order valence-corrected chi connectivity index (χ4v) is 3.69. The molecule has 6 heteroatoms. The van der Waals surface area contributed by atoms with Crippen LogP contribution < -0.4 is 10.1 Å². The fourth-order valence-electron chi connectivity index (χ4n) is 2.79. The lowest BCUT2D eigenvalue weighted by molar-refractivity contribution is 0.590. The molecule has 0 amide bonds. The molecule has 27 heavy (non-hydrogen) atoms. The van der Waals surface area contributed by atoms with Crippen LogP contribution in [0.1, 0.15) is 31.9 Å². The van der Waals surface area contributed by atoms with Gasteiger partial charge in [-0.1, -0.05) is 68.5 Å². The molecule has 0 aliphatic rings. The number of nitrogens with zero attached hydrogens (tertiary/aromatic N) is 3. The number of halogens is 1. The Morgan fingerprint density at radius 3 is 2.30 bits per heavy atom. The maximum atomic E-state index is 13.0. The molecular weight excluding hydrogens is 361 g/mol. The van der Waals surface area contributed by atoms with Crippen molar-refractivity contribution in [2.45, 2.75) is 26.2 Å². The van der Waals surface area contributed by atoms with E-state index in [-0.39, 0.29) is 16.8 Å². The number of fused-ring (bicyclic) bond motifs is 1. The average molecular weight is 379 g/mol. The standard InChI is InChI=1S/C21H18FN3OS/c1-21(2,3)15-8-6-14(7-9-15)18-23-20-25(24-18)19(26)17(27-20)12-13-4-10-16(22)11-5-13/h4-12H,1-3H3/b17-12-. The molecule has 4 rings (SSSR count). The van der Waals surface area contributed by atoms with Gasteiger partial charge in [-0.05, 0) is 34.8 Å². The second-order valence-corrected chi connectivity index (χ2v) is 8.43. The van der Waals surface area contributed by atoms with E-state index in [1.807, 2.05) is 12.1 Å². The Balaban J connectivity index is 1.72. The third-order valence-electron chi connectivity index (χ3n) is 4.36. The van der Waals surface area contributed by atoms with Crippen LogP contribution in [0, 0.1) is 5.82 Å². The first-order valence-corrected chi connectivity index (χ1v) is 9.41. The van der Waals surface area contributed by atoms with Crippen molar-refractivity contribution in [3.63, 3.8) is 0 Å². The Bertz CT molecular complexity index is 1220. The van der Waals surface area contributed by atoms with Crippen molar-refractivity contribution in [3.8, 4) is 11.4 Å². The maximum Gasteiger partial charge on any atom is 0.291 e. The van der Waals surface area contributed by atoms with Gasteiger partial charge in [-0.15, -0.1) is 5.10 Å². The number of aromatic nitrogens is 3. The predicted octanol–water partition coefficient (Wildman–Crippen LogP) is 3.80. The molecule has 2 aromatic carbocycles. The van der Waals surface area contributed by atoms with Crippen molar-refractivity contribution in [2.75, 3.05) is 0 Å². The van der Waals surface area contributed by atoms with Crippen LogP contribution in [0.3, 0.4) is 0 Å². The van der Waals surface area contributed by atoms with E-state index in [0.717, 1.165) is 11.1 Å². The summed E-state index contributed by atoms with van der Waals surface area (Å²) in [5.41, 5.74) is 2.73. The van der Waals surface area contributed by atoms with E-state index in [9.17, 15) is 9.18 Å². The molecule has 0 fully saturated rings. The van der Waals surface area contributed by atoms with Gasteiger partial charge in [-0.3, -0.25) is 4.79 Å². The second-order valence-electron chi connectivity index (χ2n) is 7.42. The summed E-state index contributed by atoms with van der Waals surface area (Å²) in [4.78, 5) is 17.6. The highest BCUT2D eigenvalue weighted by molar-refractivity contribution is 7.15. The molecule has 2 heterocycles. The third kappa shape index (κ3) is 3.40. The van der Waals surface area contributed by atoms with E-state index in [1.165, 1.54) is 33.5 Å². The molecule has 0 radical (unpaired) electrons.